The van der Waals surface area contributed by atoms with E-state index in [0.29, 0.717) is 12.3 Å². The number of nitrogens with one attached hydrogen (secondary N) is 1. The minimum atomic E-state index is -0.982. The van der Waals surface area contributed by atoms with Crippen molar-refractivity contribution in [3.8, 4) is 0 Å². The van der Waals surface area contributed by atoms with Crippen LogP contribution in [-0.2, 0) is 0 Å². The summed E-state index contributed by atoms with van der Waals surface area (Å²) in [6.45, 7) is 7.56. The second kappa shape index (κ2) is 6.15. The van der Waals surface area contributed by atoms with Crippen LogP contribution in [0.4, 0.5) is 4.39 Å². The van der Waals surface area contributed by atoms with Crippen LogP contribution in [0.15, 0.2) is 18.2 Å². The van der Waals surface area contributed by atoms with Crippen LogP contribution in [-0.4, -0.2) is 23.2 Å². The van der Waals surface area contributed by atoms with Gasteiger partial charge in [0.2, 0.25) is 0 Å². The molecule has 1 amide bonds. The van der Waals surface area contributed by atoms with E-state index in [1.165, 1.54) is 12.1 Å². The number of rotatable bonds is 5. The fourth-order valence-corrected chi connectivity index (χ4v) is 2.13. The molecule has 0 aliphatic carbocycles. The van der Waals surface area contributed by atoms with Crippen LogP contribution < -0.4 is 5.32 Å². The van der Waals surface area contributed by atoms with Gasteiger partial charge in [0.15, 0.2) is 0 Å². The average molecular weight is 267 g/mol. The monoisotopic (exact) mass is 267 g/mol. The summed E-state index contributed by atoms with van der Waals surface area (Å²) in [6, 6.07) is 4.39. The number of hydrogen-bond donors (Lipinski definition) is 2. The Morgan fingerprint density at radius 3 is 2.68 bits per heavy atom. The van der Waals surface area contributed by atoms with E-state index in [2.05, 4.69) is 5.32 Å². The smallest absolute Gasteiger partial charge is 0.254 e. The van der Waals surface area contributed by atoms with E-state index in [9.17, 15) is 14.3 Å². The third kappa shape index (κ3) is 4.99. The second-order valence-electron chi connectivity index (χ2n) is 5.76. The summed E-state index contributed by atoms with van der Waals surface area (Å²) in [6.07, 6.45) is 0.573. The zero-order valence-corrected chi connectivity index (χ0v) is 12.0. The molecular weight excluding hydrogens is 245 g/mol. The van der Waals surface area contributed by atoms with Crippen molar-refractivity contribution >= 4 is 5.91 Å². The number of aryl methyl sites for hydroxylation is 1. The van der Waals surface area contributed by atoms with Crippen LogP contribution in [0, 0.1) is 18.7 Å². The molecule has 4 heteroatoms. The third-order valence-electron chi connectivity index (χ3n) is 2.84. The number of amides is 1. The first-order valence-electron chi connectivity index (χ1n) is 6.48. The van der Waals surface area contributed by atoms with E-state index < -0.39 is 17.3 Å². The van der Waals surface area contributed by atoms with Gasteiger partial charge in [-0.15, -0.1) is 0 Å². The van der Waals surface area contributed by atoms with E-state index in [1.54, 1.807) is 19.9 Å². The van der Waals surface area contributed by atoms with E-state index in [1.807, 2.05) is 13.8 Å². The Bertz CT molecular complexity index is 455. The quantitative estimate of drug-likeness (QED) is 0.861. The van der Waals surface area contributed by atoms with Gasteiger partial charge in [-0.1, -0.05) is 25.5 Å². The summed E-state index contributed by atoms with van der Waals surface area (Å²) in [5.74, 6) is -0.723. The van der Waals surface area contributed by atoms with Crippen molar-refractivity contribution in [1.29, 1.82) is 0 Å². The predicted octanol–water partition coefficient (Wildman–Crippen LogP) is 2.66. The molecule has 0 aliphatic rings. The Morgan fingerprint density at radius 2 is 2.11 bits per heavy atom. The normalized spacial score (nSPS) is 14.3. The standard InChI is InChI=1S/C15H22FNO2/c1-10(2)8-15(4,19)9-17-14(18)12-7-11(3)5-6-13(12)16/h5-7,10,19H,8-9H2,1-4H3,(H,17,18). The molecule has 0 bridgehead atoms. The number of carbonyl (C=O) groups excluding carboxylic acids is 1. The van der Waals surface area contributed by atoms with E-state index in [-0.39, 0.29) is 12.1 Å². The highest BCUT2D eigenvalue weighted by Crippen LogP contribution is 2.16. The molecule has 0 saturated heterocycles. The Labute approximate surface area is 113 Å². The lowest BCUT2D eigenvalue weighted by atomic mass is 9.94. The molecule has 0 radical (unpaired) electrons. The lowest BCUT2D eigenvalue weighted by Crippen LogP contribution is -2.41. The van der Waals surface area contributed by atoms with Crippen LogP contribution in [0.2, 0.25) is 0 Å². The minimum Gasteiger partial charge on any atom is -0.388 e. The number of carbonyl (C=O) groups is 1. The number of benzene rings is 1. The molecule has 2 N–H and O–H groups in total. The summed E-state index contributed by atoms with van der Waals surface area (Å²) in [4.78, 5) is 11.9. The summed E-state index contributed by atoms with van der Waals surface area (Å²) < 4.78 is 13.5. The van der Waals surface area contributed by atoms with Gasteiger partial charge in [-0.05, 0) is 38.3 Å². The van der Waals surface area contributed by atoms with Gasteiger partial charge in [-0.3, -0.25) is 4.79 Å². The first-order chi connectivity index (χ1) is 8.71. The van der Waals surface area contributed by atoms with Crippen LogP contribution >= 0.6 is 0 Å². The van der Waals surface area contributed by atoms with Crippen molar-refractivity contribution in [3.05, 3.63) is 35.1 Å². The molecule has 1 aromatic rings. The van der Waals surface area contributed by atoms with E-state index in [4.69, 9.17) is 0 Å². The topological polar surface area (TPSA) is 49.3 Å². The summed E-state index contributed by atoms with van der Waals surface area (Å²) >= 11 is 0. The van der Waals surface area contributed by atoms with Crippen LogP contribution in [0.5, 0.6) is 0 Å². The molecule has 106 valence electrons. The fourth-order valence-electron chi connectivity index (χ4n) is 2.13. The molecule has 1 rings (SSSR count). The fraction of sp³-hybridized carbons (Fsp3) is 0.533. The van der Waals surface area contributed by atoms with Gasteiger partial charge in [-0.25, -0.2) is 4.39 Å². The summed E-state index contributed by atoms with van der Waals surface area (Å²) in [5, 5.41) is 12.7. The Hall–Kier alpha value is -1.42. The van der Waals surface area contributed by atoms with Crippen LogP contribution in [0.3, 0.4) is 0 Å². The Morgan fingerprint density at radius 1 is 1.47 bits per heavy atom. The summed E-state index contributed by atoms with van der Waals surface area (Å²) in [7, 11) is 0. The van der Waals surface area contributed by atoms with Gasteiger partial charge < -0.3 is 10.4 Å². The van der Waals surface area contributed by atoms with Gasteiger partial charge in [0.1, 0.15) is 5.82 Å². The number of halogens is 1. The molecular formula is C15H22FNO2. The first kappa shape index (κ1) is 15.6. The van der Waals surface area contributed by atoms with Gasteiger partial charge in [-0.2, -0.15) is 0 Å². The molecule has 1 unspecified atom stereocenters. The molecule has 0 heterocycles. The molecule has 0 aliphatic heterocycles. The first-order valence-corrected chi connectivity index (χ1v) is 6.48. The lowest BCUT2D eigenvalue weighted by Gasteiger charge is -2.25. The largest absolute Gasteiger partial charge is 0.388 e. The number of aliphatic hydroxyl groups is 1. The molecule has 0 spiro atoms. The van der Waals surface area contributed by atoms with Gasteiger partial charge in [0, 0.05) is 6.54 Å². The SMILES string of the molecule is Cc1ccc(F)c(C(=O)NCC(C)(O)CC(C)C)c1. The van der Waals surface area contributed by atoms with Crippen LogP contribution in [0.25, 0.3) is 0 Å². The molecule has 1 aromatic carbocycles. The highest BCUT2D eigenvalue weighted by molar-refractivity contribution is 5.94. The summed E-state index contributed by atoms with van der Waals surface area (Å²) in [5.41, 5.74) is -0.148. The third-order valence-corrected chi connectivity index (χ3v) is 2.84. The number of hydrogen-bond acceptors (Lipinski definition) is 2. The zero-order chi connectivity index (χ0) is 14.6. The van der Waals surface area contributed by atoms with E-state index >= 15 is 0 Å². The van der Waals surface area contributed by atoms with Crippen molar-refractivity contribution < 1.29 is 14.3 Å². The zero-order valence-electron chi connectivity index (χ0n) is 12.0. The highest BCUT2D eigenvalue weighted by atomic mass is 19.1. The van der Waals surface area contributed by atoms with Crippen molar-refractivity contribution in [2.24, 2.45) is 5.92 Å². The molecule has 19 heavy (non-hydrogen) atoms. The molecule has 3 nitrogen and oxygen atoms in total. The maximum Gasteiger partial charge on any atom is 0.254 e. The predicted molar refractivity (Wildman–Crippen MR) is 73.5 cm³/mol. The minimum absolute atomic E-state index is 0.0142. The maximum absolute atomic E-state index is 13.5. The van der Waals surface area contributed by atoms with Crippen LogP contribution in [0.1, 0.15) is 43.1 Å². The van der Waals surface area contributed by atoms with Crippen molar-refractivity contribution in [1.82, 2.24) is 5.32 Å². The molecule has 1 atom stereocenters. The second-order valence-corrected chi connectivity index (χ2v) is 5.76. The van der Waals surface area contributed by atoms with Crippen molar-refractivity contribution in [3.63, 3.8) is 0 Å². The van der Waals surface area contributed by atoms with Gasteiger partial charge >= 0.3 is 0 Å². The van der Waals surface area contributed by atoms with Gasteiger partial charge in [0.25, 0.3) is 5.91 Å². The van der Waals surface area contributed by atoms with Gasteiger partial charge in [0.05, 0.1) is 11.2 Å². The Balaban J connectivity index is 2.68. The lowest BCUT2D eigenvalue weighted by molar-refractivity contribution is 0.0367. The van der Waals surface area contributed by atoms with Crippen molar-refractivity contribution in [2.75, 3.05) is 6.54 Å². The molecule has 0 fully saturated rings. The maximum atomic E-state index is 13.5. The molecule has 0 aromatic heterocycles. The molecule has 0 saturated carbocycles. The highest BCUT2D eigenvalue weighted by Gasteiger charge is 2.23. The van der Waals surface area contributed by atoms with Crippen molar-refractivity contribution in [2.45, 2.75) is 39.7 Å². The Kier molecular flexibility index (Phi) is 5.06. The van der Waals surface area contributed by atoms with E-state index in [0.717, 1.165) is 5.56 Å². The average Bonchev–Trinajstić information content (AvgIpc) is 2.27.